The van der Waals surface area contributed by atoms with Crippen molar-refractivity contribution in [1.29, 1.82) is 0 Å². The van der Waals surface area contributed by atoms with Gasteiger partial charge < -0.3 is 5.21 Å². The van der Waals surface area contributed by atoms with E-state index < -0.39 is 0 Å². The molecule has 0 radical (unpaired) electrons. The van der Waals surface area contributed by atoms with Gasteiger partial charge in [0.2, 0.25) is 0 Å². The van der Waals surface area contributed by atoms with Crippen molar-refractivity contribution in [2.45, 2.75) is 18.6 Å². The van der Waals surface area contributed by atoms with E-state index in [1.807, 2.05) is 20.1 Å². The molecule has 0 fully saturated rings. The lowest BCUT2D eigenvalue weighted by atomic mass is 10.2. The Morgan fingerprint density at radius 3 is 2.69 bits per heavy atom. The fourth-order valence-electron chi connectivity index (χ4n) is 0.927. The van der Waals surface area contributed by atoms with Gasteiger partial charge in [-0.1, -0.05) is 5.16 Å². The SMILES string of the molecule is CSC(C)(C)C(=NO)n1cccn1. The molecule has 0 unspecified atom stereocenters. The Labute approximate surface area is 81.6 Å². The summed E-state index contributed by atoms with van der Waals surface area (Å²) in [7, 11) is 0. The summed E-state index contributed by atoms with van der Waals surface area (Å²) >= 11 is 1.61. The summed E-state index contributed by atoms with van der Waals surface area (Å²) < 4.78 is 1.32. The maximum atomic E-state index is 8.88. The molecule has 13 heavy (non-hydrogen) atoms. The third kappa shape index (κ3) is 2.03. The summed E-state index contributed by atoms with van der Waals surface area (Å²) in [6.07, 6.45) is 5.38. The number of hydrogen-bond donors (Lipinski definition) is 1. The molecule has 1 rings (SSSR count). The van der Waals surface area contributed by atoms with Crippen LogP contribution in [-0.2, 0) is 0 Å². The fourth-order valence-corrected chi connectivity index (χ4v) is 1.24. The van der Waals surface area contributed by atoms with E-state index in [2.05, 4.69) is 10.3 Å². The third-order valence-corrected chi connectivity index (χ3v) is 3.07. The fraction of sp³-hybridized carbons (Fsp3) is 0.500. The van der Waals surface area contributed by atoms with Gasteiger partial charge in [0.15, 0.2) is 5.84 Å². The van der Waals surface area contributed by atoms with E-state index in [0.29, 0.717) is 5.84 Å². The van der Waals surface area contributed by atoms with Gasteiger partial charge in [-0.3, -0.25) is 0 Å². The number of rotatable bonds is 2. The van der Waals surface area contributed by atoms with Crippen LogP contribution in [-0.4, -0.2) is 31.8 Å². The summed E-state index contributed by atoms with van der Waals surface area (Å²) in [6, 6.07) is 1.79. The molecule has 1 aromatic rings. The van der Waals surface area contributed by atoms with Gasteiger partial charge in [0.05, 0.1) is 4.75 Å². The molecule has 0 atom stereocenters. The summed E-state index contributed by atoms with van der Waals surface area (Å²) in [6.45, 7) is 3.96. The first-order valence-corrected chi connectivity index (χ1v) is 5.12. The highest BCUT2D eigenvalue weighted by Gasteiger charge is 2.26. The quantitative estimate of drug-likeness (QED) is 0.341. The van der Waals surface area contributed by atoms with E-state index in [9.17, 15) is 0 Å². The molecule has 0 aromatic carbocycles. The van der Waals surface area contributed by atoms with Crippen molar-refractivity contribution in [3.63, 3.8) is 0 Å². The van der Waals surface area contributed by atoms with Crippen molar-refractivity contribution in [3.05, 3.63) is 18.5 Å². The predicted octanol–water partition coefficient (Wildman–Crippen LogP) is 1.66. The molecule has 4 nitrogen and oxygen atoms in total. The number of aromatic nitrogens is 2. The molecular formula is C8H13N3OS. The van der Waals surface area contributed by atoms with Gasteiger partial charge in [-0.25, -0.2) is 4.68 Å². The van der Waals surface area contributed by atoms with Gasteiger partial charge in [-0.05, 0) is 26.2 Å². The van der Waals surface area contributed by atoms with Crippen LogP contribution >= 0.6 is 11.8 Å². The second-order valence-corrected chi connectivity index (χ2v) is 4.52. The van der Waals surface area contributed by atoms with Crippen molar-refractivity contribution in [1.82, 2.24) is 9.78 Å². The minimum Gasteiger partial charge on any atom is -0.409 e. The molecule has 1 aromatic heterocycles. The van der Waals surface area contributed by atoms with Crippen LogP contribution in [0.4, 0.5) is 0 Å². The molecule has 0 aliphatic heterocycles. The van der Waals surface area contributed by atoms with Gasteiger partial charge in [-0.15, -0.1) is 0 Å². The van der Waals surface area contributed by atoms with Crippen molar-refractivity contribution < 1.29 is 5.21 Å². The van der Waals surface area contributed by atoms with Crippen LogP contribution in [0.2, 0.25) is 0 Å². The first-order chi connectivity index (χ1) is 6.11. The Bertz CT molecular complexity index is 292. The highest BCUT2D eigenvalue weighted by atomic mass is 32.2. The van der Waals surface area contributed by atoms with E-state index in [-0.39, 0.29) is 4.75 Å². The van der Waals surface area contributed by atoms with Crippen molar-refractivity contribution in [2.75, 3.05) is 6.26 Å². The molecular weight excluding hydrogens is 186 g/mol. The lowest BCUT2D eigenvalue weighted by molar-refractivity contribution is 0.313. The third-order valence-electron chi connectivity index (χ3n) is 1.86. The second-order valence-electron chi connectivity index (χ2n) is 3.09. The molecule has 0 aliphatic rings. The van der Waals surface area contributed by atoms with Crippen LogP contribution in [0.3, 0.4) is 0 Å². The van der Waals surface area contributed by atoms with Crippen LogP contribution in [0, 0.1) is 0 Å². The number of hydrogen-bond acceptors (Lipinski definition) is 4. The molecule has 0 bridgehead atoms. The lowest BCUT2D eigenvalue weighted by Gasteiger charge is -2.22. The van der Waals surface area contributed by atoms with Gasteiger partial charge >= 0.3 is 0 Å². The Morgan fingerprint density at radius 2 is 2.31 bits per heavy atom. The van der Waals surface area contributed by atoms with Crippen molar-refractivity contribution in [3.8, 4) is 0 Å². The standard InChI is InChI=1S/C8H13N3OS/c1-8(2,13-3)7(10-12)11-6-4-5-9-11/h4-6,12H,1-3H3. The second kappa shape index (κ2) is 3.83. The minimum absolute atomic E-state index is 0.249. The molecule has 0 saturated carbocycles. The molecule has 1 heterocycles. The maximum Gasteiger partial charge on any atom is 0.184 e. The first kappa shape index (κ1) is 10.1. The summed E-state index contributed by atoms with van der Waals surface area (Å²) in [5.74, 6) is 0.532. The highest BCUT2D eigenvalue weighted by molar-refractivity contribution is 8.00. The molecule has 0 saturated heterocycles. The number of oxime groups is 1. The van der Waals surface area contributed by atoms with Crippen LogP contribution in [0.25, 0.3) is 0 Å². The Kier molecular flexibility index (Phi) is 2.98. The molecule has 1 N–H and O–H groups in total. The predicted molar refractivity (Wildman–Crippen MR) is 54.4 cm³/mol. The normalized spacial score (nSPS) is 13.3. The van der Waals surface area contributed by atoms with E-state index in [4.69, 9.17) is 5.21 Å². The van der Waals surface area contributed by atoms with Crippen molar-refractivity contribution >= 4 is 17.6 Å². The van der Waals surface area contributed by atoms with Gasteiger partial charge in [-0.2, -0.15) is 16.9 Å². The molecule has 72 valence electrons. The van der Waals surface area contributed by atoms with Crippen LogP contribution < -0.4 is 0 Å². The lowest BCUT2D eigenvalue weighted by Crippen LogP contribution is -2.34. The maximum absolute atomic E-state index is 8.88. The molecule has 0 amide bonds. The zero-order valence-corrected chi connectivity index (χ0v) is 8.75. The van der Waals surface area contributed by atoms with Gasteiger partial charge in [0, 0.05) is 12.4 Å². The highest BCUT2D eigenvalue weighted by Crippen LogP contribution is 2.23. The largest absolute Gasteiger partial charge is 0.409 e. The van der Waals surface area contributed by atoms with Crippen LogP contribution in [0.1, 0.15) is 13.8 Å². The van der Waals surface area contributed by atoms with E-state index in [1.165, 1.54) is 0 Å². The summed E-state index contributed by atoms with van der Waals surface area (Å²) in [4.78, 5) is 0. The smallest absolute Gasteiger partial charge is 0.184 e. The van der Waals surface area contributed by atoms with Crippen LogP contribution in [0.5, 0.6) is 0 Å². The Balaban J connectivity index is 3.01. The Hall–Kier alpha value is -0.970. The van der Waals surface area contributed by atoms with Gasteiger partial charge in [0.1, 0.15) is 0 Å². The zero-order chi connectivity index (χ0) is 9.90. The average Bonchev–Trinajstić information content (AvgIpc) is 2.58. The summed E-state index contributed by atoms with van der Waals surface area (Å²) in [5, 5.41) is 16.2. The molecule has 0 spiro atoms. The monoisotopic (exact) mass is 199 g/mol. The molecule has 0 aliphatic carbocycles. The van der Waals surface area contributed by atoms with Crippen molar-refractivity contribution in [2.24, 2.45) is 5.16 Å². The number of nitrogens with zero attached hydrogens (tertiary/aromatic N) is 3. The molecule has 5 heteroatoms. The van der Waals surface area contributed by atoms with E-state index in [1.54, 1.807) is 34.9 Å². The summed E-state index contributed by atoms with van der Waals surface area (Å²) in [5.41, 5.74) is 0. The number of thioether (sulfide) groups is 1. The van der Waals surface area contributed by atoms with Gasteiger partial charge in [0.25, 0.3) is 0 Å². The van der Waals surface area contributed by atoms with E-state index >= 15 is 0 Å². The topological polar surface area (TPSA) is 50.4 Å². The van der Waals surface area contributed by atoms with Crippen LogP contribution in [0.15, 0.2) is 23.6 Å². The average molecular weight is 199 g/mol. The zero-order valence-electron chi connectivity index (χ0n) is 7.93. The minimum atomic E-state index is -0.249. The first-order valence-electron chi connectivity index (χ1n) is 3.89. The van der Waals surface area contributed by atoms with E-state index in [0.717, 1.165) is 0 Å². The Morgan fingerprint density at radius 1 is 1.62 bits per heavy atom.